The van der Waals surface area contributed by atoms with Gasteiger partial charge >= 0.3 is 0 Å². The Morgan fingerprint density at radius 3 is 2.40 bits per heavy atom. The van der Waals surface area contributed by atoms with Crippen LogP contribution in [0.25, 0.3) is 10.8 Å². The van der Waals surface area contributed by atoms with E-state index in [9.17, 15) is 9.59 Å². The molecule has 0 unspecified atom stereocenters. The highest BCUT2D eigenvalue weighted by molar-refractivity contribution is 6.23. The Bertz CT molecular complexity index is 552. The van der Waals surface area contributed by atoms with Crippen LogP contribution in [0.1, 0.15) is 20.7 Å². The molecule has 1 aromatic carbocycles. The Balaban J connectivity index is 2.41. The monoisotopic (exact) mass is 198 g/mol. The lowest BCUT2D eigenvalue weighted by atomic mass is 10.0. The van der Waals surface area contributed by atoms with Crippen molar-refractivity contribution in [1.82, 2.24) is 10.3 Å². The summed E-state index contributed by atoms with van der Waals surface area (Å²) in [6.45, 7) is 0. The Morgan fingerprint density at radius 2 is 1.67 bits per heavy atom. The minimum absolute atomic E-state index is 0.325. The van der Waals surface area contributed by atoms with Crippen LogP contribution in [0.5, 0.6) is 0 Å². The molecule has 1 aromatic heterocycles. The van der Waals surface area contributed by atoms with Gasteiger partial charge in [0.2, 0.25) is 0 Å². The van der Waals surface area contributed by atoms with Crippen molar-refractivity contribution in [3.63, 3.8) is 0 Å². The number of carbonyl (C=O) groups is 2. The number of carbonyl (C=O) groups excluding carboxylic acids is 2. The Labute approximate surface area is 84.9 Å². The average Bonchev–Trinajstić information content (AvgIpc) is 2.52. The van der Waals surface area contributed by atoms with Crippen LogP contribution in [-0.2, 0) is 0 Å². The van der Waals surface area contributed by atoms with Gasteiger partial charge in [0.25, 0.3) is 11.8 Å². The van der Waals surface area contributed by atoms with E-state index < -0.39 is 0 Å². The molecule has 2 amide bonds. The molecule has 0 radical (unpaired) electrons. The van der Waals surface area contributed by atoms with Crippen molar-refractivity contribution in [2.45, 2.75) is 0 Å². The van der Waals surface area contributed by atoms with E-state index in [0.717, 1.165) is 10.8 Å². The number of rotatable bonds is 0. The molecule has 0 saturated heterocycles. The molecule has 15 heavy (non-hydrogen) atoms. The molecule has 1 N–H and O–H groups in total. The predicted molar refractivity (Wildman–Crippen MR) is 53.5 cm³/mol. The first-order valence-corrected chi connectivity index (χ1v) is 4.49. The van der Waals surface area contributed by atoms with Gasteiger partial charge in [-0.2, -0.15) is 0 Å². The van der Waals surface area contributed by atoms with Crippen LogP contribution in [0.3, 0.4) is 0 Å². The quantitative estimate of drug-likeness (QED) is 0.645. The molecule has 0 aliphatic carbocycles. The number of imide groups is 1. The van der Waals surface area contributed by atoms with Crippen molar-refractivity contribution in [2.24, 2.45) is 0 Å². The van der Waals surface area contributed by atoms with Gasteiger partial charge in [0.05, 0.1) is 11.1 Å². The lowest BCUT2D eigenvalue weighted by Gasteiger charge is -1.98. The minimum atomic E-state index is -0.333. The molecule has 2 aromatic rings. The second-order valence-corrected chi connectivity index (χ2v) is 3.40. The maximum absolute atomic E-state index is 11.4. The number of hydrogen-bond acceptors (Lipinski definition) is 3. The first-order valence-electron chi connectivity index (χ1n) is 4.49. The molecule has 4 heteroatoms. The predicted octanol–water partition coefficient (Wildman–Crippen LogP) is 1.12. The fourth-order valence-corrected chi connectivity index (χ4v) is 1.75. The van der Waals surface area contributed by atoms with Gasteiger partial charge in [-0.05, 0) is 23.6 Å². The van der Waals surface area contributed by atoms with E-state index in [4.69, 9.17) is 0 Å². The maximum Gasteiger partial charge on any atom is 0.258 e. The Hall–Kier alpha value is -2.23. The first-order chi connectivity index (χ1) is 7.25. The molecule has 3 rings (SSSR count). The highest BCUT2D eigenvalue weighted by atomic mass is 16.2. The lowest BCUT2D eigenvalue weighted by Crippen LogP contribution is -2.19. The molecular weight excluding hydrogens is 192 g/mol. The van der Waals surface area contributed by atoms with E-state index >= 15 is 0 Å². The fraction of sp³-hybridized carbons (Fsp3) is 0. The summed E-state index contributed by atoms with van der Waals surface area (Å²) in [5.74, 6) is -0.658. The summed E-state index contributed by atoms with van der Waals surface area (Å²) in [7, 11) is 0. The van der Waals surface area contributed by atoms with Gasteiger partial charge in [0.1, 0.15) is 0 Å². The molecule has 2 heterocycles. The second kappa shape index (κ2) is 2.63. The third-order valence-corrected chi connectivity index (χ3v) is 2.49. The highest BCUT2D eigenvalue weighted by Gasteiger charge is 2.26. The van der Waals surface area contributed by atoms with E-state index in [0.29, 0.717) is 11.1 Å². The fourth-order valence-electron chi connectivity index (χ4n) is 1.75. The average molecular weight is 198 g/mol. The zero-order valence-corrected chi connectivity index (χ0v) is 7.65. The van der Waals surface area contributed by atoms with Crippen molar-refractivity contribution in [3.8, 4) is 0 Å². The largest absolute Gasteiger partial charge is 0.288 e. The number of aromatic nitrogens is 1. The van der Waals surface area contributed by atoms with Crippen molar-refractivity contribution in [2.75, 3.05) is 0 Å². The van der Waals surface area contributed by atoms with Crippen LogP contribution in [0.4, 0.5) is 0 Å². The first kappa shape index (κ1) is 8.11. The molecule has 0 bridgehead atoms. The van der Waals surface area contributed by atoms with Crippen molar-refractivity contribution < 1.29 is 9.59 Å². The number of fused-ring (bicyclic) bond motifs is 2. The SMILES string of the molecule is O=C1NC(=O)c2cc3cnccc3cc21. The number of amides is 2. The molecule has 1 aliphatic rings. The zero-order chi connectivity index (χ0) is 10.4. The van der Waals surface area contributed by atoms with Crippen LogP contribution >= 0.6 is 0 Å². The third-order valence-electron chi connectivity index (χ3n) is 2.49. The lowest BCUT2D eigenvalue weighted by molar-refractivity contribution is 0.0879. The minimum Gasteiger partial charge on any atom is -0.288 e. The van der Waals surface area contributed by atoms with Crippen LogP contribution in [0, 0.1) is 0 Å². The number of hydrogen-bond donors (Lipinski definition) is 1. The van der Waals surface area contributed by atoms with Gasteiger partial charge < -0.3 is 0 Å². The van der Waals surface area contributed by atoms with E-state index in [2.05, 4.69) is 10.3 Å². The van der Waals surface area contributed by atoms with Crippen LogP contribution < -0.4 is 5.32 Å². The van der Waals surface area contributed by atoms with Crippen LogP contribution in [0.15, 0.2) is 30.6 Å². The molecule has 0 saturated carbocycles. The standard InChI is InChI=1S/C11H6N2O2/c14-10-8-3-6-1-2-12-5-7(6)4-9(8)11(15)13-10/h1-5H,(H,13,14,15). The number of benzene rings is 1. The number of pyridine rings is 1. The van der Waals surface area contributed by atoms with Crippen LogP contribution in [0.2, 0.25) is 0 Å². The third kappa shape index (κ3) is 1.05. The molecular formula is C11H6N2O2. The summed E-state index contributed by atoms with van der Waals surface area (Å²) >= 11 is 0. The molecule has 0 spiro atoms. The number of nitrogens with one attached hydrogen (secondary N) is 1. The summed E-state index contributed by atoms with van der Waals surface area (Å²) < 4.78 is 0. The molecule has 4 nitrogen and oxygen atoms in total. The van der Waals surface area contributed by atoms with Gasteiger partial charge in [-0.15, -0.1) is 0 Å². The van der Waals surface area contributed by atoms with Gasteiger partial charge in [0, 0.05) is 17.8 Å². The topological polar surface area (TPSA) is 59.1 Å². The highest BCUT2D eigenvalue weighted by Crippen LogP contribution is 2.22. The van der Waals surface area contributed by atoms with Crippen molar-refractivity contribution >= 4 is 22.6 Å². The maximum atomic E-state index is 11.4. The van der Waals surface area contributed by atoms with Gasteiger partial charge in [-0.25, -0.2) is 0 Å². The second-order valence-electron chi connectivity index (χ2n) is 3.40. The Kier molecular flexibility index (Phi) is 1.42. The van der Waals surface area contributed by atoms with E-state index in [1.807, 2.05) is 6.07 Å². The normalized spacial score (nSPS) is 14.1. The molecule has 1 aliphatic heterocycles. The summed E-state index contributed by atoms with van der Waals surface area (Å²) in [5.41, 5.74) is 0.874. The van der Waals surface area contributed by atoms with Gasteiger partial charge in [-0.3, -0.25) is 19.9 Å². The molecule has 72 valence electrons. The van der Waals surface area contributed by atoms with E-state index in [1.54, 1.807) is 24.5 Å². The van der Waals surface area contributed by atoms with Crippen molar-refractivity contribution in [3.05, 3.63) is 41.7 Å². The number of nitrogens with zero attached hydrogens (tertiary/aromatic N) is 1. The van der Waals surface area contributed by atoms with Gasteiger partial charge in [-0.1, -0.05) is 0 Å². The summed E-state index contributed by atoms with van der Waals surface area (Å²) in [5, 5.41) is 4.03. The molecule has 0 fully saturated rings. The zero-order valence-electron chi connectivity index (χ0n) is 7.65. The summed E-state index contributed by atoms with van der Waals surface area (Å²) in [6.07, 6.45) is 3.33. The van der Waals surface area contributed by atoms with E-state index in [1.165, 1.54) is 0 Å². The van der Waals surface area contributed by atoms with Crippen LogP contribution in [-0.4, -0.2) is 16.8 Å². The Morgan fingerprint density at radius 1 is 1.00 bits per heavy atom. The molecule has 0 atom stereocenters. The van der Waals surface area contributed by atoms with E-state index in [-0.39, 0.29) is 11.8 Å². The summed E-state index contributed by atoms with van der Waals surface area (Å²) in [4.78, 5) is 26.7. The van der Waals surface area contributed by atoms with Crippen molar-refractivity contribution in [1.29, 1.82) is 0 Å². The van der Waals surface area contributed by atoms with Gasteiger partial charge in [0.15, 0.2) is 0 Å². The smallest absolute Gasteiger partial charge is 0.258 e. The summed E-state index contributed by atoms with van der Waals surface area (Å²) in [6, 6.07) is 5.22.